The molecule has 0 aliphatic carbocycles. The molecule has 0 fully saturated rings. The van der Waals surface area contributed by atoms with Gasteiger partial charge in [0.05, 0.1) is 7.11 Å². The van der Waals surface area contributed by atoms with Crippen LogP contribution in [0, 0.1) is 0 Å². The molecule has 0 aliphatic rings. The normalized spacial score (nSPS) is 10.2. The van der Waals surface area contributed by atoms with Crippen molar-refractivity contribution in [2.75, 3.05) is 14.2 Å². The fraction of sp³-hybridized carbons (Fsp3) is 0.0952. The highest BCUT2D eigenvalue weighted by molar-refractivity contribution is 5.94. The first-order chi connectivity index (χ1) is 11.7. The second-order valence-corrected chi connectivity index (χ2v) is 5.46. The van der Waals surface area contributed by atoms with E-state index < -0.39 is 0 Å². The molecular weight excluding hydrogens is 298 g/mol. The summed E-state index contributed by atoms with van der Waals surface area (Å²) in [4.78, 5) is 11.6. The zero-order valence-corrected chi connectivity index (χ0v) is 13.7. The van der Waals surface area contributed by atoms with Crippen LogP contribution in [0.4, 0.5) is 0 Å². The molecule has 120 valence electrons. The molecule has 3 rings (SSSR count). The van der Waals surface area contributed by atoms with Crippen LogP contribution in [-0.2, 0) is 0 Å². The summed E-state index contributed by atoms with van der Waals surface area (Å²) < 4.78 is 5.19. The number of carbonyl (C=O) groups is 1. The second kappa shape index (κ2) is 7.01. The number of rotatable bonds is 4. The molecular formula is C21H19NO2. The molecule has 1 N–H and O–H groups in total. The minimum Gasteiger partial charge on any atom is -0.497 e. The Hall–Kier alpha value is -3.07. The maximum atomic E-state index is 11.6. The standard InChI is InChI=1S/C21H19NO2/c1-22-21(23)19-9-7-17(8-10-19)15-3-5-16(6-4-15)18-11-13-20(24-2)14-12-18/h3-14H,1-2H3,(H,22,23). The average Bonchev–Trinajstić information content (AvgIpc) is 2.68. The van der Waals surface area contributed by atoms with Gasteiger partial charge in [-0.25, -0.2) is 0 Å². The molecule has 0 atom stereocenters. The number of methoxy groups -OCH3 is 1. The number of carbonyl (C=O) groups excluding carboxylic acids is 1. The molecule has 0 aliphatic heterocycles. The van der Waals surface area contributed by atoms with Crippen LogP contribution in [0.3, 0.4) is 0 Å². The highest BCUT2D eigenvalue weighted by Crippen LogP contribution is 2.26. The summed E-state index contributed by atoms with van der Waals surface area (Å²) in [5.41, 5.74) is 5.18. The fourth-order valence-electron chi connectivity index (χ4n) is 2.60. The van der Waals surface area contributed by atoms with E-state index in [0.29, 0.717) is 5.56 Å². The molecule has 3 aromatic carbocycles. The van der Waals surface area contributed by atoms with Crippen molar-refractivity contribution in [3.63, 3.8) is 0 Å². The van der Waals surface area contributed by atoms with Gasteiger partial charge in [-0.05, 0) is 46.5 Å². The smallest absolute Gasteiger partial charge is 0.251 e. The van der Waals surface area contributed by atoms with Gasteiger partial charge >= 0.3 is 0 Å². The van der Waals surface area contributed by atoms with Gasteiger partial charge in [-0.1, -0.05) is 48.5 Å². The van der Waals surface area contributed by atoms with Gasteiger partial charge in [0.15, 0.2) is 0 Å². The third-order valence-corrected chi connectivity index (χ3v) is 4.02. The summed E-state index contributed by atoms with van der Waals surface area (Å²) in [5, 5.41) is 2.63. The highest BCUT2D eigenvalue weighted by Gasteiger charge is 2.04. The van der Waals surface area contributed by atoms with Crippen molar-refractivity contribution in [1.29, 1.82) is 0 Å². The zero-order chi connectivity index (χ0) is 16.9. The summed E-state index contributed by atoms with van der Waals surface area (Å²) in [5.74, 6) is 0.781. The Morgan fingerprint density at radius 1 is 0.708 bits per heavy atom. The lowest BCUT2D eigenvalue weighted by atomic mass is 9.99. The zero-order valence-electron chi connectivity index (χ0n) is 13.7. The molecule has 1 amide bonds. The number of hydrogen-bond acceptors (Lipinski definition) is 2. The molecule has 3 aromatic rings. The lowest BCUT2D eigenvalue weighted by Gasteiger charge is -2.07. The van der Waals surface area contributed by atoms with Crippen molar-refractivity contribution in [1.82, 2.24) is 5.32 Å². The molecule has 3 heteroatoms. The van der Waals surface area contributed by atoms with Gasteiger partial charge in [0.2, 0.25) is 0 Å². The maximum absolute atomic E-state index is 11.6. The van der Waals surface area contributed by atoms with Crippen LogP contribution in [0.5, 0.6) is 5.75 Å². The Morgan fingerprint density at radius 2 is 1.08 bits per heavy atom. The molecule has 0 saturated carbocycles. The van der Waals surface area contributed by atoms with E-state index in [0.717, 1.165) is 28.0 Å². The fourth-order valence-corrected chi connectivity index (χ4v) is 2.60. The summed E-state index contributed by atoms with van der Waals surface area (Å²) in [6.45, 7) is 0. The van der Waals surface area contributed by atoms with Gasteiger partial charge in [0.1, 0.15) is 5.75 Å². The molecule has 0 heterocycles. The monoisotopic (exact) mass is 317 g/mol. The van der Waals surface area contributed by atoms with Crippen LogP contribution in [0.1, 0.15) is 10.4 Å². The number of benzene rings is 3. The Balaban J connectivity index is 1.82. The van der Waals surface area contributed by atoms with E-state index in [-0.39, 0.29) is 5.91 Å². The summed E-state index contributed by atoms with van der Waals surface area (Å²) in [7, 11) is 3.30. The number of ether oxygens (including phenoxy) is 1. The number of amides is 1. The lowest BCUT2D eigenvalue weighted by molar-refractivity contribution is 0.0963. The van der Waals surface area contributed by atoms with Crippen LogP contribution >= 0.6 is 0 Å². The van der Waals surface area contributed by atoms with Gasteiger partial charge in [0, 0.05) is 12.6 Å². The van der Waals surface area contributed by atoms with Gasteiger partial charge in [-0.3, -0.25) is 4.79 Å². The molecule has 0 spiro atoms. The van der Waals surface area contributed by atoms with E-state index in [2.05, 4.69) is 29.6 Å². The van der Waals surface area contributed by atoms with Crippen LogP contribution < -0.4 is 10.1 Å². The molecule has 24 heavy (non-hydrogen) atoms. The first-order valence-corrected chi connectivity index (χ1v) is 7.78. The van der Waals surface area contributed by atoms with Crippen molar-refractivity contribution in [3.05, 3.63) is 78.4 Å². The minimum atomic E-state index is -0.0728. The van der Waals surface area contributed by atoms with E-state index in [1.165, 1.54) is 0 Å². The van der Waals surface area contributed by atoms with Crippen LogP contribution in [0.25, 0.3) is 22.3 Å². The third kappa shape index (κ3) is 3.30. The lowest BCUT2D eigenvalue weighted by Crippen LogP contribution is -2.17. The van der Waals surface area contributed by atoms with E-state index in [1.54, 1.807) is 14.2 Å². The van der Waals surface area contributed by atoms with E-state index in [9.17, 15) is 4.79 Å². The molecule has 0 aromatic heterocycles. The molecule has 0 radical (unpaired) electrons. The van der Waals surface area contributed by atoms with Gasteiger partial charge < -0.3 is 10.1 Å². The maximum Gasteiger partial charge on any atom is 0.251 e. The highest BCUT2D eigenvalue weighted by atomic mass is 16.5. The second-order valence-electron chi connectivity index (χ2n) is 5.46. The third-order valence-electron chi connectivity index (χ3n) is 4.02. The van der Waals surface area contributed by atoms with Crippen LogP contribution in [0.2, 0.25) is 0 Å². The topological polar surface area (TPSA) is 38.3 Å². The summed E-state index contributed by atoms with van der Waals surface area (Å²) >= 11 is 0. The quantitative estimate of drug-likeness (QED) is 0.775. The number of hydrogen-bond donors (Lipinski definition) is 1. The Kier molecular flexibility index (Phi) is 4.62. The minimum absolute atomic E-state index is 0.0728. The van der Waals surface area contributed by atoms with E-state index >= 15 is 0 Å². The SMILES string of the molecule is CNC(=O)c1ccc(-c2ccc(-c3ccc(OC)cc3)cc2)cc1. The van der Waals surface area contributed by atoms with Crippen LogP contribution in [0.15, 0.2) is 72.8 Å². The van der Waals surface area contributed by atoms with E-state index in [4.69, 9.17) is 4.74 Å². The van der Waals surface area contributed by atoms with E-state index in [1.807, 2.05) is 48.5 Å². The van der Waals surface area contributed by atoms with Crippen molar-refractivity contribution >= 4 is 5.91 Å². The molecule has 3 nitrogen and oxygen atoms in total. The first kappa shape index (κ1) is 15.8. The average molecular weight is 317 g/mol. The predicted molar refractivity (Wildman–Crippen MR) is 97.3 cm³/mol. The largest absolute Gasteiger partial charge is 0.497 e. The molecule has 0 bridgehead atoms. The Morgan fingerprint density at radius 3 is 1.46 bits per heavy atom. The molecule has 0 unspecified atom stereocenters. The Labute approximate surface area is 141 Å². The van der Waals surface area contributed by atoms with Crippen molar-refractivity contribution in [2.45, 2.75) is 0 Å². The van der Waals surface area contributed by atoms with Gasteiger partial charge in [0.25, 0.3) is 5.91 Å². The van der Waals surface area contributed by atoms with Gasteiger partial charge in [-0.15, -0.1) is 0 Å². The number of nitrogens with one attached hydrogen (secondary N) is 1. The van der Waals surface area contributed by atoms with Gasteiger partial charge in [-0.2, -0.15) is 0 Å². The predicted octanol–water partition coefficient (Wildman–Crippen LogP) is 4.39. The first-order valence-electron chi connectivity index (χ1n) is 7.78. The van der Waals surface area contributed by atoms with Crippen molar-refractivity contribution in [3.8, 4) is 28.0 Å². The van der Waals surface area contributed by atoms with Crippen LogP contribution in [-0.4, -0.2) is 20.1 Å². The van der Waals surface area contributed by atoms with Crippen molar-refractivity contribution < 1.29 is 9.53 Å². The molecule has 0 saturated heterocycles. The summed E-state index contributed by atoms with van der Waals surface area (Å²) in [6, 6.07) is 24.0. The Bertz CT molecular complexity index is 819. The summed E-state index contributed by atoms with van der Waals surface area (Å²) in [6.07, 6.45) is 0. The van der Waals surface area contributed by atoms with Crippen molar-refractivity contribution in [2.24, 2.45) is 0 Å².